The number of hydroxylamine groups is 1. The van der Waals surface area contributed by atoms with Crippen LogP contribution in [-0.2, 0) is 9.59 Å². The zero-order valence-electron chi connectivity index (χ0n) is 15.9. The maximum absolute atomic E-state index is 12.2. The Hall–Kier alpha value is -2.90. The Labute approximate surface area is 173 Å². The molecule has 2 aromatic carbocycles. The summed E-state index contributed by atoms with van der Waals surface area (Å²) in [6.07, 6.45) is 3.77. The second kappa shape index (κ2) is 10.0. The van der Waals surface area contributed by atoms with Crippen LogP contribution in [0.2, 0.25) is 5.02 Å². The van der Waals surface area contributed by atoms with Crippen LogP contribution in [0.3, 0.4) is 0 Å². The predicted octanol–water partition coefficient (Wildman–Crippen LogP) is 4.67. The van der Waals surface area contributed by atoms with Crippen LogP contribution in [-0.4, -0.2) is 27.2 Å². The standard InChI is InChI=1S/C21H23ClN4O3/c22-16-7-5-6-14(12-16)15-10-11-17-18(13-15)24-25-21(17)23-19(27)8-3-1-2-4-9-20(28)26-29/h5-7,10-13,29H,1-4,8-9H2,(H,26,28)(H2,23,24,25,27). The number of anilines is 1. The van der Waals surface area contributed by atoms with Crippen molar-refractivity contribution in [3.05, 3.63) is 47.5 Å². The molecule has 0 aliphatic heterocycles. The van der Waals surface area contributed by atoms with Gasteiger partial charge in [-0.05, 0) is 48.2 Å². The predicted molar refractivity (Wildman–Crippen MR) is 113 cm³/mol. The number of carbonyl (C=O) groups excluding carboxylic acids is 2. The molecule has 0 saturated heterocycles. The van der Waals surface area contributed by atoms with E-state index >= 15 is 0 Å². The number of rotatable bonds is 9. The minimum Gasteiger partial charge on any atom is -0.309 e. The lowest BCUT2D eigenvalue weighted by Crippen LogP contribution is -2.17. The van der Waals surface area contributed by atoms with Gasteiger partial charge in [-0.25, -0.2) is 5.48 Å². The second-order valence-electron chi connectivity index (χ2n) is 6.84. The Morgan fingerprint density at radius 1 is 0.966 bits per heavy atom. The lowest BCUT2D eigenvalue weighted by Gasteiger charge is -2.04. The van der Waals surface area contributed by atoms with Gasteiger partial charge in [0.2, 0.25) is 11.8 Å². The molecule has 0 aliphatic rings. The molecular weight excluding hydrogens is 392 g/mol. The summed E-state index contributed by atoms with van der Waals surface area (Å²) in [7, 11) is 0. The van der Waals surface area contributed by atoms with Gasteiger partial charge in [0.1, 0.15) is 0 Å². The van der Waals surface area contributed by atoms with Crippen molar-refractivity contribution in [2.24, 2.45) is 0 Å². The van der Waals surface area contributed by atoms with Crippen molar-refractivity contribution in [2.45, 2.75) is 38.5 Å². The van der Waals surface area contributed by atoms with Crippen LogP contribution in [0, 0.1) is 0 Å². The average molecular weight is 415 g/mol. The van der Waals surface area contributed by atoms with Crippen LogP contribution >= 0.6 is 11.6 Å². The van der Waals surface area contributed by atoms with Crippen molar-refractivity contribution < 1.29 is 14.8 Å². The van der Waals surface area contributed by atoms with Crippen molar-refractivity contribution >= 4 is 40.1 Å². The normalized spacial score (nSPS) is 10.8. The Balaban J connectivity index is 1.53. The molecule has 0 fully saturated rings. The van der Waals surface area contributed by atoms with Gasteiger partial charge in [0, 0.05) is 23.3 Å². The molecule has 0 radical (unpaired) electrons. The zero-order chi connectivity index (χ0) is 20.6. The van der Waals surface area contributed by atoms with E-state index in [0.29, 0.717) is 30.1 Å². The summed E-state index contributed by atoms with van der Waals surface area (Å²) in [4.78, 5) is 23.1. The molecule has 152 valence electrons. The topological polar surface area (TPSA) is 107 Å². The minimum atomic E-state index is -0.383. The van der Waals surface area contributed by atoms with Gasteiger partial charge in [-0.3, -0.25) is 19.9 Å². The highest BCUT2D eigenvalue weighted by Gasteiger charge is 2.10. The maximum Gasteiger partial charge on any atom is 0.243 e. The summed E-state index contributed by atoms with van der Waals surface area (Å²) >= 11 is 6.07. The summed E-state index contributed by atoms with van der Waals surface area (Å²) < 4.78 is 0. The van der Waals surface area contributed by atoms with Crippen molar-refractivity contribution in [2.75, 3.05) is 5.32 Å². The van der Waals surface area contributed by atoms with E-state index in [0.717, 1.165) is 41.3 Å². The number of aromatic amines is 1. The van der Waals surface area contributed by atoms with Gasteiger partial charge in [0.25, 0.3) is 0 Å². The van der Waals surface area contributed by atoms with Crippen molar-refractivity contribution in [3.8, 4) is 11.1 Å². The third kappa shape index (κ3) is 5.79. The first-order chi connectivity index (χ1) is 14.1. The molecule has 7 nitrogen and oxygen atoms in total. The Kier molecular flexibility index (Phi) is 7.21. The Bertz CT molecular complexity index is 1000. The first kappa shape index (κ1) is 20.8. The number of aromatic nitrogens is 2. The van der Waals surface area contributed by atoms with Crippen molar-refractivity contribution in [3.63, 3.8) is 0 Å². The fourth-order valence-corrected chi connectivity index (χ4v) is 3.33. The third-order valence-electron chi connectivity index (χ3n) is 4.66. The quantitative estimate of drug-likeness (QED) is 0.232. The highest BCUT2D eigenvalue weighted by Crippen LogP contribution is 2.28. The van der Waals surface area contributed by atoms with Gasteiger partial charge < -0.3 is 5.32 Å². The second-order valence-corrected chi connectivity index (χ2v) is 7.28. The van der Waals surface area contributed by atoms with E-state index in [9.17, 15) is 9.59 Å². The molecular formula is C21H23ClN4O3. The highest BCUT2D eigenvalue weighted by molar-refractivity contribution is 6.30. The molecule has 0 saturated carbocycles. The number of fused-ring (bicyclic) bond motifs is 1. The lowest BCUT2D eigenvalue weighted by molar-refractivity contribution is -0.129. The molecule has 0 atom stereocenters. The van der Waals surface area contributed by atoms with Crippen LogP contribution in [0.25, 0.3) is 22.0 Å². The number of H-pyrrole nitrogens is 1. The Morgan fingerprint density at radius 2 is 1.69 bits per heavy atom. The number of carbonyl (C=O) groups is 2. The lowest BCUT2D eigenvalue weighted by atomic mass is 10.0. The molecule has 0 aliphatic carbocycles. The largest absolute Gasteiger partial charge is 0.309 e. The monoisotopic (exact) mass is 414 g/mol. The van der Waals surface area contributed by atoms with Crippen molar-refractivity contribution in [1.82, 2.24) is 15.7 Å². The summed E-state index contributed by atoms with van der Waals surface area (Å²) in [6, 6.07) is 13.5. The van der Waals surface area contributed by atoms with Gasteiger partial charge in [0.15, 0.2) is 5.82 Å². The molecule has 3 rings (SSSR count). The summed E-state index contributed by atoms with van der Waals surface area (Å²) in [5, 5.41) is 20.0. The van der Waals surface area contributed by atoms with Gasteiger partial charge in [-0.1, -0.05) is 42.6 Å². The minimum absolute atomic E-state index is 0.0922. The van der Waals surface area contributed by atoms with E-state index in [1.165, 1.54) is 0 Å². The van der Waals surface area contributed by atoms with Crippen LogP contribution < -0.4 is 10.8 Å². The number of benzene rings is 2. The molecule has 0 spiro atoms. The third-order valence-corrected chi connectivity index (χ3v) is 4.90. The van der Waals surface area contributed by atoms with Crippen LogP contribution in [0.5, 0.6) is 0 Å². The summed E-state index contributed by atoms with van der Waals surface area (Å²) in [5.41, 5.74) is 4.46. The van der Waals surface area contributed by atoms with E-state index in [-0.39, 0.29) is 11.8 Å². The number of unbranched alkanes of at least 4 members (excludes halogenated alkanes) is 3. The molecule has 8 heteroatoms. The van der Waals surface area contributed by atoms with Crippen molar-refractivity contribution in [1.29, 1.82) is 0 Å². The number of nitrogens with one attached hydrogen (secondary N) is 3. The molecule has 29 heavy (non-hydrogen) atoms. The van der Waals surface area contributed by atoms with Gasteiger partial charge in [-0.15, -0.1) is 0 Å². The summed E-state index contributed by atoms with van der Waals surface area (Å²) in [6.45, 7) is 0. The van der Waals surface area contributed by atoms with Gasteiger partial charge in [-0.2, -0.15) is 5.10 Å². The van der Waals surface area contributed by atoms with E-state index in [4.69, 9.17) is 16.8 Å². The summed E-state index contributed by atoms with van der Waals surface area (Å²) in [5.74, 6) is 0.0411. The fraction of sp³-hybridized carbons (Fsp3) is 0.286. The molecule has 4 N–H and O–H groups in total. The molecule has 2 amide bonds. The number of nitrogens with zero attached hydrogens (tertiary/aromatic N) is 1. The van der Waals surface area contributed by atoms with Gasteiger partial charge in [0.05, 0.1) is 5.52 Å². The molecule has 0 bridgehead atoms. The maximum atomic E-state index is 12.2. The van der Waals surface area contributed by atoms with Gasteiger partial charge >= 0.3 is 0 Å². The van der Waals surface area contributed by atoms with E-state index in [1.54, 1.807) is 5.48 Å². The Morgan fingerprint density at radius 3 is 2.41 bits per heavy atom. The number of hydrogen-bond acceptors (Lipinski definition) is 4. The van der Waals surface area contributed by atoms with Crippen LogP contribution in [0.15, 0.2) is 42.5 Å². The number of amides is 2. The molecule has 1 heterocycles. The first-order valence-electron chi connectivity index (χ1n) is 9.53. The SMILES string of the molecule is O=C(CCCCCCC(=O)Nc1n[nH]c2cc(-c3cccc(Cl)c3)ccc12)NO. The smallest absolute Gasteiger partial charge is 0.243 e. The fourth-order valence-electron chi connectivity index (χ4n) is 3.14. The van der Waals surface area contributed by atoms with E-state index in [1.807, 2.05) is 42.5 Å². The molecule has 3 aromatic rings. The molecule has 0 unspecified atom stereocenters. The number of halogens is 1. The average Bonchev–Trinajstić information content (AvgIpc) is 3.12. The zero-order valence-corrected chi connectivity index (χ0v) is 16.6. The van der Waals surface area contributed by atoms with Crippen LogP contribution in [0.1, 0.15) is 38.5 Å². The van der Waals surface area contributed by atoms with E-state index in [2.05, 4.69) is 15.5 Å². The molecule has 1 aromatic heterocycles. The van der Waals surface area contributed by atoms with E-state index < -0.39 is 0 Å². The van der Waals surface area contributed by atoms with Crippen LogP contribution in [0.4, 0.5) is 5.82 Å². The first-order valence-corrected chi connectivity index (χ1v) is 9.91. The number of hydrogen-bond donors (Lipinski definition) is 4. The highest BCUT2D eigenvalue weighted by atomic mass is 35.5.